The maximum atomic E-state index is 9.11. The Kier molecular flexibility index (Phi) is 5.06. The lowest BCUT2D eigenvalue weighted by Gasteiger charge is -2.24. The molecular weight excluding hydrogens is 162 g/mol. The van der Waals surface area contributed by atoms with Crippen LogP contribution in [0.25, 0.3) is 0 Å². The third kappa shape index (κ3) is 2.62. The van der Waals surface area contributed by atoms with Crippen LogP contribution in [0.5, 0.6) is 0 Å². The minimum atomic E-state index is 0. The van der Waals surface area contributed by atoms with Crippen LogP contribution in [0.15, 0.2) is 0 Å². The Morgan fingerprint density at radius 2 is 2.27 bits per heavy atom. The molecule has 1 heterocycles. The molecule has 1 atom stereocenters. The van der Waals surface area contributed by atoms with Crippen LogP contribution in [0, 0.1) is 5.41 Å². The first-order chi connectivity index (χ1) is 4.83. The molecule has 0 aromatic rings. The van der Waals surface area contributed by atoms with Gasteiger partial charge in [-0.2, -0.15) is 0 Å². The Labute approximate surface area is 74.8 Å². The van der Waals surface area contributed by atoms with E-state index in [1.165, 1.54) is 6.42 Å². The Hall–Kier alpha value is 0.210. The van der Waals surface area contributed by atoms with Gasteiger partial charge < -0.3 is 10.4 Å². The van der Waals surface area contributed by atoms with Gasteiger partial charge in [0.25, 0.3) is 0 Å². The highest BCUT2D eigenvalue weighted by Crippen LogP contribution is 2.29. The minimum Gasteiger partial charge on any atom is -0.396 e. The Morgan fingerprint density at radius 1 is 1.55 bits per heavy atom. The molecule has 0 aliphatic carbocycles. The standard InChI is InChI=1S/C8H17NO.ClH/c1-2-3-8(7-10)4-5-9-6-8;/h9-10H,2-7H2,1H3;1H. The first kappa shape index (κ1) is 11.2. The van der Waals surface area contributed by atoms with Crippen LogP contribution in [0.1, 0.15) is 26.2 Å². The molecule has 0 spiro atoms. The Bertz CT molecular complexity index is 102. The van der Waals surface area contributed by atoms with Crippen LogP contribution in [0.4, 0.5) is 0 Å². The number of nitrogens with one attached hydrogen (secondary N) is 1. The van der Waals surface area contributed by atoms with Crippen molar-refractivity contribution in [3.8, 4) is 0 Å². The second-order valence-corrected chi connectivity index (χ2v) is 3.33. The fourth-order valence-corrected chi connectivity index (χ4v) is 1.75. The summed E-state index contributed by atoms with van der Waals surface area (Å²) >= 11 is 0. The third-order valence-electron chi connectivity index (χ3n) is 2.45. The van der Waals surface area contributed by atoms with E-state index in [0.717, 1.165) is 25.9 Å². The first-order valence-corrected chi connectivity index (χ1v) is 4.14. The maximum absolute atomic E-state index is 9.11. The molecule has 11 heavy (non-hydrogen) atoms. The zero-order chi connectivity index (χ0) is 7.45. The van der Waals surface area contributed by atoms with Crippen LogP contribution >= 0.6 is 12.4 Å². The van der Waals surface area contributed by atoms with Gasteiger partial charge in [-0.05, 0) is 19.4 Å². The number of aliphatic hydroxyl groups is 1. The summed E-state index contributed by atoms with van der Waals surface area (Å²) in [6.45, 7) is 4.63. The molecule has 1 rings (SSSR count). The summed E-state index contributed by atoms with van der Waals surface area (Å²) in [7, 11) is 0. The second kappa shape index (κ2) is 4.96. The quantitative estimate of drug-likeness (QED) is 0.682. The van der Waals surface area contributed by atoms with Crippen molar-refractivity contribution in [3.05, 3.63) is 0 Å². The lowest BCUT2D eigenvalue weighted by atomic mass is 9.84. The van der Waals surface area contributed by atoms with Crippen molar-refractivity contribution in [2.75, 3.05) is 19.7 Å². The summed E-state index contributed by atoms with van der Waals surface area (Å²) in [5.41, 5.74) is 0.231. The van der Waals surface area contributed by atoms with Crippen LogP contribution in [-0.2, 0) is 0 Å². The van der Waals surface area contributed by atoms with Crippen molar-refractivity contribution in [2.24, 2.45) is 5.41 Å². The van der Waals surface area contributed by atoms with Gasteiger partial charge in [-0.1, -0.05) is 13.3 Å². The highest BCUT2D eigenvalue weighted by Gasteiger charge is 2.31. The van der Waals surface area contributed by atoms with E-state index in [4.69, 9.17) is 5.11 Å². The van der Waals surface area contributed by atoms with Crippen LogP contribution in [0.2, 0.25) is 0 Å². The van der Waals surface area contributed by atoms with Crippen molar-refractivity contribution in [1.82, 2.24) is 5.32 Å². The average molecular weight is 180 g/mol. The van der Waals surface area contributed by atoms with E-state index in [-0.39, 0.29) is 17.8 Å². The first-order valence-electron chi connectivity index (χ1n) is 4.14. The highest BCUT2D eigenvalue weighted by molar-refractivity contribution is 5.85. The molecule has 0 amide bonds. The van der Waals surface area contributed by atoms with Gasteiger partial charge in [0.1, 0.15) is 0 Å². The topological polar surface area (TPSA) is 32.3 Å². The average Bonchev–Trinajstić information content (AvgIpc) is 2.39. The van der Waals surface area contributed by atoms with E-state index in [1.54, 1.807) is 0 Å². The highest BCUT2D eigenvalue weighted by atomic mass is 35.5. The molecular formula is C8H18ClNO. The van der Waals surface area contributed by atoms with E-state index < -0.39 is 0 Å². The maximum Gasteiger partial charge on any atom is 0.0500 e. The van der Waals surface area contributed by atoms with Crippen molar-refractivity contribution < 1.29 is 5.11 Å². The van der Waals surface area contributed by atoms with Gasteiger partial charge in [0.05, 0.1) is 0 Å². The number of hydrogen-bond donors (Lipinski definition) is 2. The van der Waals surface area contributed by atoms with Crippen molar-refractivity contribution in [2.45, 2.75) is 26.2 Å². The SMILES string of the molecule is CCCC1(CO)CCNC1.Cl. The molecule has 1 unspecified atom stereocenters. The summed E-state index contributed by atoms with van der Waals surface area (Å²) in [6.07, 6.45) is 3.50. The molecule has 0 aromatic heterocycles. The largest absolute Gasteiger partial charge is 0.396 e. The lowest BCUT2D eigenvalue weighted by molar-refractivity contribution is 0.132. The number of aliphatic hydroxyl groups excluding tert-OH is 1. The van der Waals surface area contributed by atoms with Gasteiger partial charge in [-0.3, -0.25) is 0 Å². The van der Waals surface area contributed by atoms with E-state index in [1.807, 2.05) is 0 Å². The molecule has 0 aromatic carbocycles. The van der Waals surface area contributed by atoms with Crippen LogP contribution < -0.4 is 5.32 Å². The number of halogens is 1. The predicted octanol–water partition coefficient (Wildman–Crippen LogP) is 1.18. The molecule has 0 radical (unpaired) electrons. The molecule has 1 saturated heterocycles. The van der Waals surface area contributed by atoms with Gasteiger partial charge in [0.15, 0.2) is 0 Å². The minimum absolute atomic E-state index is 0. The monoisotopic (exact) mass is 179 g/mol. The lowest BCUT2D eigenvalue weighted by Crippen LogP contribution is -2.27. The number of rotatable bonds is 3. The summed E-state index contributed by atoms with van der Waals surface area (Å²) in [5.74, 6) is 0. The van der Waals surface area contributed by atoms with Gasteiger partial charge in [0, 0.05) is 18.6 Å². The summed E-state index contributed by atoms with van der Waals surface area (Å²) in [6, 6.07) is 0. The molecule has 1 aliphatic heterocycles. The van der Waals surface area contributed by atoms with Gasteiger partial charge in [0.2, 0.25) is 0 Å². The Morgan fingerprint density at radius 3 is 2.64 bits per heavy atom. The Balaban J connectivity index is 0.000001000. The smallest absolute Gasteiger partial charge is 0.0500 e. The van der Waals surface area contributed by atoms with E-state index in [9.17, 15) is 0 Å². The molecule has 3 heteroatoms. The number of hydrogen-bond acceptors (Lipinski definition) is 2. The van der Waals surface area contributed by atoms with Crippen LogP contribution in [-0.4, -0.2) is 24.8 Å². The molecule has 2 nitrogen and oxygen atoms in total. The molecule has 1 fully saturated rings. The van der Waals surface area contributed by atoms with Crippen LogP contribution in [0.3, 0.4) is 0 Å². The van der Waals surface area contributed by atoms with Gasteiger partial charge >= 0.3 is 0 Å². The summed E-state index contributed by atoms with van der Waals surface area (Å²) in [4.78, 5) is 0. The summed E-state index contributed by atoms with van der Waals surface area (Å²) < 4.78 is 0. The molecule has 1 aliphatic rings. The fraction of sp³-hybridized carbons (Fsp3) is 1.00. The van der Waals surface area contributed by atoms with Crippen molar-refractivity contribution in [3.63, 3.8) is 0 Å². The molecule has 0 bridgehead atoms. The zero-order valence-corrected chi connectivity index (χ0v) is 7.91. The zero-order valence-electron chi connectivity index (χ0n) is 7.10. The van der Waals surface area contributed by atoms with Gasteiger partial charge in [-0.25, -0.2) is 0 Å². The van der Waals surface area contributed by atoms with E-state index in [2.05, 4.69) is 12.2 Å². The van der Waals surface area contributed by atoms with Gasteiger partial charge in [-0.15, -0.1) is 12.4 Å². The van der Waals surface area contributed by atoms with Crippen molar-refractivity contribution in [1.29, 1.82) is 0 Å². The van der Waals surface area contributed by atoms with E-state index >= 15 is 0 Å². The normalized spacial score (nSPS) is 30.0. The predicted molar refractivity (Wildman–Crippen MR) is 49.2 cm³/mol. The second-order valence-electron chi connectivity index (χ2n) is 3.33. The molecule has 2 N–H and O–H groups in total. The molecule has 0 saturated carbocycles. The van der Waals surface area contributed by atoms with Crippen molar-refractivity contribution >= 4 is 12.4 Å². The summed E-state index contributed by atoms with van der Waals surface area (Å²) in [5, 5.41) is 12.4. The third-order valence-corrected chi connectivity index (χ3v) is 2.45. The van der Waals surface area contributed by atoms with E-state index in [0.29, 0.717) is 6.61 Å². The molecule has 68 valence electrons. The fourth-order valence-electron chi connectivity index (χ4n) is 1.75.